The van der Waals surface area contributed by atoms with Crippen molar-refractivity contribution in [2.45, 2.75) is 32.4 Å². The Kier molecular flexibility index (Phi) is 11.1. The van der Waals surface area contributed by atoms with Crippen LogP contribution in [0.4, 0.5) is 16.3 Å². The summed E-state index contributed by atoms with van der Waals surface area (Å²) in [7, 11) is 0. The molecule has 12 nitrogen and oxygen atoms in total. The quantitative estimate of drug-likeness (QED) is 0.229. The third-order valence-corrected chi connectivity index (χ3v) is 7.01. The molecule has 0 saturated carbocycles. The summed E-state index contributed by atoms with van der Waals surface area (Å²) in [4.78, 5) is 48.5. The molecule has 1 aliphatic heterocycles. The van der Waals surface area contributed by atoms with Crippen molar-refractivity contribution in [3.05, 3.63) is 90.5 Å². The number of carboxylic acids is 2. The van der Waals surface area contributed by atoms with Gasteiger partial charge in [0, 0.05) is 63.7 Å². The van der Waals surface area contributed by atoms with E-state index in [-0.39, 0.29) is 11.7 Å². The lowest BCUT2D eigenvalue weighted by Crippen LogP contribution is -2.44. The SMILES string of the molecule is CC(=O)N(CCN1CCC(Nc2nc3ccccc3n2Cc2ccc(F)cc2)CC1)c1ncccn1.O=C(O)/C=C/C(=O)O. The molecule has 1 amide bonds. The summed E-state index contributed by atoms with van der Waals surface area (Å²) < 4.78 is 15.6. The third-order valence-electron chi connectivity index (χ3n) is 7.01. The third kappa shape index (κ3) is 9.16. The maximum Gasteiger partial charge on any atom is 0.328 e. The Labute approximate surface area is 253 Å². The highest BCUT2D eigenvalue weighted by Crippen LogP contribution is 2.24. The fraction of sp³-hybridized carbons (Fsp3) is 0.290. The monoisotopic (exact) mass is 603 g/mol. The number of imidazole rings is 1. The number of halogens is 1. The zero-order chi connectivity index (χ0) is 31.5. The number of carbonyl (C=O) groups is 3. The number of nitrogens with zero attached hydrogens (tertiary/aromatic N) is 6. The fourth-order valence-electron chi connectivity index (χ4n) is 4.81. The summed E-state index contributed by atoms with van der Waals surface area (Å²) in [5, 5.41) is 19.3. The van der Waals surface area contributed by atoms with Gasteiger partial charge in [0.2, 0.25) is 17.8 Å². The first-order chi connectivity index (χ1) is 21.2. The fourth-order valence-corrected chi connectivity index (χ4v) is 4.81. The van der Waals surface area contributed by atoms with Crippen molar-refractivity contribution in [2.24, 2.45) is 0 Å². The van der Waals surface area contributed by atoms with Crippen LogP contribution in [0, 0.1) is 5.82 Å². The maximum absolute atomic E-state index is 13.4. The Morgan fingerprint density at radius 3 is 2.23 bits per heavy atom. The summed E-state index contributed by atoms with van der Waals surface area (Å²) in [5.74, 6) is -1.52. The predicted octanol–water partition coefficient (Wildman–Crippen LogP) is 3.65. The van der Waals surface area contributed by atoms with Crippen LogP contribution in [0.2, 0.25) is 0 Å². The van der Waals surface area contributed by atoms with Crippen molar-refractivity contribution in [1.29, 1.82) is 0 Å². The average Bonchev–Trinajstić information content (AvgIpc) is 3.35. The van der Waals surface area contributed by atoms with E-state index in [1.54, 1.807) is 30.3 Å². The lowest BCUT2D eigenvalue weighted by atomic mass is 10.1. The predicted molar refractivity (Wildman–Crippen MR) is 163 cm³/mol. The normalized spacial score (nSPS) is 13.8. The van der Waals surface area contributed by atoms with E-state index in [0.29, 0.717) is 37.2 Å². The topological polar surface area (TPSA) is 154 Å². The van der Waals surface area contributed by atoms with Gasteiger partial charge in [0.15, 0.2) is 0 Å². The van der Waals surface area contributed by atoms with Gasteiger partial charge in [0.1, 0.15) is 5.82 Å². The summed E-state index contributed by atoms with van der Waals surface area (Å²) in [6.45, 7) is 5.35. The van der Waals surface area contributed by atoms with E-state index in [1.807, 2.05) is 30.3 Å². The van der Waals surface area contributed by atoms with Crippen molar-refractivity contribution in [2.75, 3.05) is 36.4 Å². The van der Waals surface area contributed by atoms with Crippen molar-refractivity contribution >= 4 is 40.8 Å². The van der Waals surface area contributed by atoms with Gasteiger partial charge < -0.3 is 25.0 Å². The van der Waals surface area contributed by atoms with Gasteiger partial charge >= 0.3 is 11.9 Å². The number of rotatable bonds is 10. The van der Waals surface area contributed by atoms with Crippen LogP contribution in [-0.4, -0.2) is 84.7 Å². The Hall–Kier alpha value is -5.17. The number of benzene rings is 2. The van der Waals surface area contributed by atoms with Crippen molar-refractivity contribution in [3.63, 3.8) is 0 Å². The first-order valence-corrected chi connectivity index (χ1v) is 14.1. The largest absolute Gasteiger partial charge is 0.478 e. The lowest BCUT2D eigenvalue weighted by Gasteiger charge is -2.33. The van der Waals surface area contributed by atoms with Gasteiger partial charge in [-0.25, -0.2) is 28.9 Å². The first kappa shape index (κ1) is 31.8. The van der Waals surface area contributed by atoms with Crippen LogP contribution in [0.5, 0.6) is 0 Å². The molecule has 0 bridgehead atoms. The molecule has 1 fully saturated rings. The van der Waals surface area contributed by atoms with Crippen LogP contribution in [-0.2, 0) is 20.9 Å². The van der Waals surface area contributed by atoms with Gasteiger partial charge in [-0.15, -0.1) is 0 Å². The molecule has 0 unspecified atom stereocenters. The van der Waals surface area contributed by atoms with E-state index in [1.165, 1.54) is 12.1 Å². The van der Waals surface area contributed by atoms with Crippen LogP contribution in [0.1, 0.15) is 25.3 Å². The second-order valence-corrected chi connectivity index (χ2v) is 10.1. The molecule has 4 aromatic rings. The van der Waals surface area contributed by atoms with E-state index < -0.39 is 11.9 Å². The number of carboxylic acid groups (broad SMARTS) is 2. The second-order valence-electron chi connectivity index (χ2n) is 10.1. The van der Waals surface area contributed by atoms with E-state index in [4.69, 9.17) is 15.2 Å². The number of carbonyl (C=O) groups excluding carboxylic acids is 1. The number of hydrogen-bond acceptors (Lipinski definition) is 8. The highest BCUT2D eigenvalue weighted by Gasteiger charge is 2.23. The number of aliphatic carboxylic acids is 2. The molecule has 2 aromatic heterocycles. The second kappa shape index (κ2) is 15.3. The summed E-state index contributed by atoms with van der Waals surface area (Å²) in [6, 6.07) is 16.7. The van der Waals surface area contributed by atoms with Gasteiger partial charge in [-0.1, -0.05) is 24.3 Å². The van der Waals surface area contributed by atoms with Gasteiger partial charge in [0.05, 0.1) is 17.6 Å². The van der Waals surface area contributed by atoms with Crippen molar-refractivity contribution in [3.8, 4) is 0 Å². The molecule has 2 aromatic carbocycles. The molecule has 0 radical (unpaired) electrons. The number of fused-ring (bicyclic) bond motifs is 1. The zero-order valence-corrected chi connectivity index (χ0v) is 24.2. The van der Waals surface area contributed by atoms with Gasteiger partial charge in [-0.3, -0.25) is 9.69 Å². The number of aromatic nitrogens is 4. The van der Waals surface area contributed by atoms with E-state index in [9.17, 15) is 18.8 Å². The van der Waals surface area contributed by atoms with Gasteiger partial charge in [-0.05, 0) is 48.7 Å². The molecule has 0 spiro atoms. The number of nitrogens with one attached hydrogen (secondary N) is 1. The molecule has 3 N–H and O–H groups in total. The number of amides is 1. The smallest absolute Gasteiger partial charge is 0.328 e. The number of likely N-dealkylation sites (tertiary alicyclic amines) is 1. The minimum atomic E-state index is -1.26. The molecule has 0 aliphatic carbocycles. The van der Waals surface area contributed by atoms with Crippen LogP contribution >= 0.6 is 0 Å². The number of piperidine rings is 1. The van der Waals surface area contributed by atoms with Gasteiger partial charge in [-0.2, -0.15) is 0 Å². The number of anilines is 2. The molecule has 0 atom stereocenters. The van der Waals surface area contributed by atoms with E-state index in [2.05, 4.69) is 30.8 Å². The van der Waals surface area contributed by atoms with Crippen molar-refractivity contribution in [1.82, 2.24) is 24.4 Å². The Balaban J connectivity index is 0.000000488. The Morgan fingerprint density at radius 2 is 1.61 bits per heavy atom. The minimum Gasteiger partial charge on any atom is -0.478 e. The highest BCUT2D eigenvalue weighted by molar-refractivity contribution is 5.90. The molecule has 230 valence electrons. The number of hydrogen-bond donors (Lipinski definition) is 3. The summed E-state index contributed by atoms with van der Waals surface area (Å²) in [5.41, 5.74) is 3.01. The minimum absolute atomic E-state index is 0.0576. The molecule has 1 aliphatic rings. The maximum atomic E-state index is 13.4. The summed E-state index contributed by atoms with van der Waals surface area (Å²) in [6.07, 6.45) is 6.37. The van der Waals surface area contributed by atoms with Crippen LogP contribution in [0.25, 0.3) is 11.0 Å². The molecule has 5 rings (SSSR count). The molecule has 44 heavy (non-hydrogen) atoms. The molecular weight excluding hydrogens is 569 g/mol. The molecule has 13 heteroatoms. The van der Waals surface area contributed by atoms with Crippen molar-refractivity contribution < 1.29 is 29.0 Å². The van der Waals surface area contributed by atoms with E-state index in [0.717, 1.165) is 55.0 Å². The molecule has 3 heterocycles. The van der Waals surface area contributed by atoms with E-state index >= 15 is 0 Å². The summed E-state index contributed by atoms with van der Waals surface area (Å²) >= 11 is 0. The zero-order valence-electron chi connectivity index (χ0n) is 24.2. The molecule has 1 saturated heterocycles. The Morgan fingerprint density at radius 1 is 0.977 bits per heavy atom. The average molecular weight is 604 g/mol. The number of para-hydroxylation sites is 2. The standard InChI is InChI=1S/C27H30FN7O.C4H4O4/c1-20(36)34(26-29-13-4-14-30-26)18-17-33-15-11-23(12-16-33)31-27-32-24-5-2-3-6-25(24)35(27)19-21-7-9-22(28)10-8-21;5-3(6)1-2-4(7)8/h2-10,13-14,23H,11-12,15-19H2,1H3,(H,31,32);1-2H,(H,5,6)(H,7,8)/b;2-1+. The first-order valence-electron chi connectivity index (χ1n) is 14.1. The van der Waals surface area contributed by atoms with Gasteiger partial charge in [0.25, 0.3) is 0 Å². The highest BCUT2D eigenvalue weighted by atomic mass is 19.1. The Bertz CT molecular complexity index is 1570. The van der Waals surface area contributed by atoms with Crippen LogP contribution in [0.15, 0.2) is 79.1 Å². The van der Waals surface area contributed by atoms with Crippen LogP contribution in [0.3, 0.4) is 0 Å². The van der Waals surface area contributed by atoms with Crippen LogP contribution < -0.4 is 10.2 Å². The lowest BCUT2D eigenvalue weighted by molar-refractivity contribution is -0.134. The molecular formula is C31H34FN7O5.